The van der Waals surface area contributed by atoms with Crippen molar-refractivity contribution in [3.05, 3.63) is 20.3 Å². The Morgan fingerprint density at radius 1 is 1.65 bits per heavy atom. The summed E-state index contributed by atoms with van der Waals surface area (Å²) in [5, 5.41) is 0. The van der Waals surface area contributed by atoms with Gasteiger partial charge in [-0.3, -0.25) is 0 Å². The first-order chi connectivity index (χ1) is 8.19. The van der Waals surface area contributed by atoms with Crippen LogP contribution in [0.5, 0.6) is 0 Å². The van der Waals surface area contributed by atoms with Crippen LogP contribution in [0.3, 0.4) is 0 Å². The first kappa shape index (κ1) is 11.5. The topological polar surface area (TPSA) is 29.5 Å². The van der Waals surface area contributed by atoms with Crippen molar-refractivity contribution in [1.29, 1.82) is 0 Å². The predicted molar refractivity (Wildman–Crippen MR) is 70.5 cm³/mol. The van der Waals surface area contributed by atoms with Crippen LogP contribution in [0.4, 0.5) is 4.79 Å². The van der Waals surface area contributed by atoms with Crippen LogP contribution in [0.2, 0.25) is 0 Å². The van der Waals surface area contributed by atoms with Crippen molar-refractivity contribution >= 4 is 33.4 Å². The number of likely N-dealkylation sites (tertiary alicyclic amines) is 1. The van der Waals surface area contributed by atoms with E-state index in [1.807, 2.05) is 23.2 Å². The lowest BCUT2D eigenvalue weighted by molar-refractivity contribution is 0.114. The maximum atomic E-state index is 11.7. The van der Waals surface area contributed by atoms with Crippen LogP contribution in [0.25, 0.3) is 0 Å². The van der Waals surface area contributed by atoms with Crippen molar-refractivity contribution in [2.24, 2.45) is 5.92 Å². The third-order valence-corrected chi connectivity index (χ3v) is 5.30. The lowest BCUT2D eigenvalue weighted by Gasteiger charge is -2.16. The van der Waals surface area contributed by atoms with E-state index in [4.69, 9.17) is 4.74 Å². The lowest BCUT2D eigenvalue weighted by atomic mass is 9.97. The number of hydrogen-bond donors (Lipinski definition) is 0. The summed E-state index contributed by atoms with van der Waals surface area (Å²) in [6.45, 7) is 3.98. The molecule has 3 rings (SSSR count). The smallest absolute Gasteiger partial charge is 0.409 e. The molecular weight excluding hydrogens is 302 g/mol. The monoisotopic (exact) mass is 315 g/mol. The van der Waals surface area contributed by atoms with Crippen molar-refractivity contribution in [1.82, 2.24) is 4.90 Å². The number of amides is 1. The number of thiophene rings is 1. The Balaban J connectivity index is 1.76. The van der Waals surface area contributed by atoms with Gasteiger partial charge in [0.1, 0.15) is 0 Å². The second kappa shape index (κ2) is 4.28. The minimum atomic E-state index is -0.155. The standard InChI is InChI=1S/C12H14BrNO2S/c1-2-16-12(15)14-5-7-3-10-8(9(7)6-14)4-11(13)17-10/h4,7,9H,2-3,5-6H2,1H3. The molecule has 1 fully saturated rings. The molecule has 2 heterocycles. The lowest BCUT2D eigenvalue weighted by Crippen LogP contribution is -2.30. The Bertz CT molecular complexity index is 459. The number of hydrogen-bond acceptors (Lipinski definition) is 3. The summed E-state index contributed by atoms with van der Waals surface area (Å²) in [6, 6.07) is 2.22. The predicted octanol–water partition coefficient (Wildman–Crippen LogP) is 3.24. The molecule has 1 aliphatic carbocycles. The molecule has 1 amide bonds. The van der Waals surface area contributed by atoms with Gasteiger partial charge in [0, 0.05) is 23.9 Å². The fraction of sp³-hybridized carbons (Fsp3) is 0.583. The quantitative estimate of drug-likeness (QED) is 0.796. The highest BCUT2D eigenvalue weighted by Crippen LogP contribution is 2.47. The maximum Gasteiger partial charge on any atom is 0.409 e. The zero-order valence-corrected chi connectivity index (χ0v) is 12.0. The van der Waals surface area contributed by atoms with Crippen LogP contribution in [-0.2, 0) is 11.2 Å². The van der Waals surface area contributed by atoms with Crippen LogP contribution < -0.4 is 0 Å². The van der Waals surface area contributed by atoms with E-state index in [1.165, 1.54) is 14.2 Å². The second-order valence-corrected chi connectivity index (χ2v) is 7.12. The molecule has 0 spiro atoms. The van der Waals surface area contributed by atoms with Crippen molar-refractivity contribution < 1.29 is 9.53 Å². The van der Waals surface area contributed by atoms with Gasteiger partial charge in [0.2, 0.25) is 0 Å². The van der Waals surface area contributed by atoms with E-state index in [2.05, 4.69) is 22.0 Å². The average molecular weight is 316 g/mol. The average Bonchev–Trinajstić information content (AvgIpc) is 2.88. The summed E-state index contributed by atoms with van der Waals surface area (Å²) < 4.78 is 6.27. The summed E-state index contributed by atoms with van der Waals surface area (Å²) in [5.74, 6) is 1.13. The van der Waals surface area contributed by atoms with Gasteiger partial charge >= 0.3 is 6.09 Å². The van der Waals surface area contributed by atoms with Gasteiger partial charge in [-0.05, 0) is 46.8 Å². The molecule has 0 bridgehead atoms. The maximum absolute atomic E-state index is 11.7. The third-order valence-electron chi connectivity index (χ3n) is 3.63. The van der Waals surface area contributed by atoms with Crippen molar-refractivity contribution in [3.8, 4) is 0 Å². The van der Waals surface area contributed by atoms with Gasteiger partial charge in [-0.1, -0.05) is 0 Å². The van der Waals surface area contributed by atoms with E-state index in [0.717, 1.165) is 19.5 Å². The number of nitrogens with zero attached hydrogens (tertiary/aromatic N) is 1. The van der Waals surface area contributed by atoms with E-state index >= 15 is 0 Å². The van der Waals surface area contributed by atoms with E-state index in [0.29, 0.717) is 18.4 Å². The molecule has 2 atom stereocenters. The zero-order valence-electron chi connectivity index (χ0n) is 9.61. The molecule has 3 nitrogen and oxygen atoms in total. The molecule has 92 valence electrons. The zero-order chi connectivity index (χ0) is 12.0. The number of rotatable bonds is 1. The minimum Gasteiger partial charge on any atom is -0.450 e. The number of fused-ring (bicyclic) bond motifs is 3. The fourth-order valence-corrected chi connectivity index (χ4v) is 4.79. The Labute approximate surface area is 113 Å². The highest BCUT2D eigenvalue weighted by Gasteiger charge is 2.42. The molecule has 1 aromatic rings. The summed E-state index contributed by atoms with van der Waals surface area (Å²) >= 11 is 5.37. The van der Waals surface area contributed by atoms with Gasteiger partial charge in [-0.25, -0.2) is 4.79 Å². The molecule has 1 saturated heterocycles. The van der Waals surface area contributed by atoms with Crippen LogP contribution in [0.15, 0.2) is 9.85 Å². The SMILES string of the molecule is CCOC(=O)N1CC2Cc3sc(Br)cc3C2C1. The largest absolute Gasteiger partial charge is 0.450 e. The number of halogens is 1. The van der Waals surface area contributed by atoms with Crippen molar-refractivity contribution in [2.75, 3.05) is 19.7 Å². The van der Waals surface area contributed by atoms with E-state index in [9.17, 15) is 4.79 Å². The Morgan fingerprint density at radius 3 is 3.24 bits per heavy atom. The third kappa shape index (κ3) is 1.89. The molecule has 1 aromatic heterocycles. The summed E-state index contributed by atoms with van der Waals surface area (Å²) in [6.07, 6.45) is 0.962. The molecular formula is C12H14BrNO2S. The normalized spacial score (nSPS) is 25.9. The van der Waals surface area contributed by atoms with Gasteiger partial charge in [-0.2, -0.15) is 0 Å². The first-order valence-electron chi connectivity index (χ1n) is 5.88. The molecule has 0 N–H and O–H groups in total. The van der Waals surface area contributed by atoms with E-state index < -0.39 is 0 Å². The van der Waals surface area contributed by atoms with Gasteiger partial charge in [-0.15, -0.1) is 11.3 Å². The highest BCUT2D eigenvalue weighted by molar-refractivity contribution is 9.11. The van der Waals surface area contributed by atoms with E-state index in [-0.39, 0.29) is 6.09 Å². The van der Waals surface area contributed by atoms with Gasteiger partial charge < -0.3 is 9.64 Å². The van der Waals surface area contributed by atoms with Gasteiger partial charge in [0.05, 0.1) is 10.4 Å². The van der Waals surface area contributed by atoms with Crippen LogP contribution in [0.1, 0.15) is 23.3 Å². The minimum absolute atomic E-state index is 0.155. The number of carbonyl (C=O) groups is 1. The van der Waals surface area contributed by atoms with Crippen molar-refractivity contribution in [3.63, 3.8) is 0 Å². The molecule has 17 heavy (non-hydrogen) atoms. The summed E-state index contributed by atoms with van der Waals surface area (Å²) in [7, 11) is 0. The summed E-state index contributed by atoms with van der Waals surface area (Å²) in [4.78, 5) is 15.0. The number of carbonyl (C=O) groups excluding carboxylic acids is 1. The highest BCUT2D eigenvalue weighted by atomic mass is 79.9. The molecule has 1 aliphatic heterocycles. The Kier molecular flexibility index (Phi) is 2.91. The summed E-state index contributed by atoms with van der Waals surface area (Å²) in [5.41, 5.74) is 1.44. The molecule has 2 unspecified atom stereocenters. The van der Waals surface area contributed by atoms with Crippen molar-refractivity contribution in [2.45, 2.75) is 19.3 Å². The first-order valence-corrected chi connectivity index (χ1v) is 7.49. The molecule has 2 aliphatic rings. The van der Waals surface area contributed by atoms with E-state index in [1.54, 1.807) is 0 Å². The van der Waals surface area contributed by atoms with Crippen LogP contribution in [0, 0.1) is 5.92 Å². The molecule has 0 radical (unpaired) electrons. The Morgan fingerprint density at radius 2 is 2.47 bits per heavy atom. The Hall–Kier alpha value is -0.550. The van der Waals surface area contributed by atoms with Crippen LogP contribution >= 0.6 is 27.3 Å². The van der Waals surface area contributed by atoms with Gasteiger partial charge in [0.15, 0.2) is 0 Å². The van der Waals surface area contributed by atoms with Crippen LogP contribution in [-0.4, -0.2) is 30.7 Å². The fourth-order valence-electron chi connectivity index (χ4n) is 2.91. The molecule has 0 saturated carbocycles. The second-order valence-electron chi connectivity index (χ2n) is 4.60. The molecule has 0 aromatic carbocycles. The van der Waals surface area contributed by atoms with Gasteiger partial charge in [0.25, 0.3) is 0 Å². The molecule has 5 heteroatoms. The number of ether oxygens (including phenoxy) is 1.